The third kappa shape index (κ3) is 2.13. The van der Waals surface area contributed by atoms with E-state index in [-0.39, 0.29) is 17.1 Å². The summed E-state index contributed by atoms with van der Waals surface area (Å²) in [5.41, 5.74) is -0.854. The molecule has 0 spiro atoms. The summed E-state index contributed by atoms with van der Waals surface area (Å²) >= 11 is 0. The molecule has 0 radical (unpaired) electrons. The molecule has 3 nitrogen and oxygen atoms in total. The number of ether oxygens (including phenoxy) is 1. The average molecular weight is 227 g/mol. The van der Waals surface area contributed by atoms with Crippen molar-refractivity contribution in [2.75, 3.05) is 13.1 Å². The van der Waals surface area contributed by atoms with Crippen molar-refractivity contribution in [3.05, 3.63) is 0 Å². The summed E-state index contributed by atoms with van der Waals surface area (Å²) in [5, 5.41) is 14.1. The van der Waals surface area contributed by atoms with Gasteiger partial charge in [-0.1, -0.05) is 0 Å². The van der Waals surface area contributed by atoms with Gasteiger partial charge >= 0.3 is 0 Å². The van der Waals surface area contributed by atoms with Gasteiger partial charge in [-0.05, 0) is 60.0 Å². The highest BCUT2D eigenvalue weighted by atomic mass is 16.5. The standard InChI is InChI=1S/C13H25NO2/c1-11(2)9-10(12(3,4)16-11)13(15)5-7-14-8-6-13/h10,14-15H,5-9H2,1-4H3. The first-order chi connectivity index (χ1) is 7.25. The van der Waals surface area contributed by atoms with E-state index in [0.717, 1.165) is 32.4 Å². The molecule has 0 aromatic heterocycles. The molecule has 2 aliphatic heterocycles. The van der Waals surface area contributed by atoms with Gasteiger partial charge in [-0.25, -0.2) is 0 Å². The van der Waals surface area contributed by atoms with Crippen molar-refractivity contribution in [2.45, 2.75) is 63.8 Å². The fourth-order valence-electron chi connectivity index (χ4n) is 3.61. The van der Waals surface area contributed by atoms with E-state index in [4.69, 9.17) is 4.74 Å². The SMILES string of the molecule is CC1(C)CC(C2(O)CCNCC2)C(C)(C)O1. The smallest absolute Gasteiger partial charge is 0.0728 e. The van der Waals surface area contributed by atoms with Gasteiger partial charge in [0.05, 0.1) is 16.8 Å². The highest BCUT2D eigenvalue weighted by Crippen LogP contribution is 2.49. The highest BCUT2D eigenvalue weighted by molar-refractivity contribution is 5.05. The molecule has 0 bridgehead atoms. The molecule has 1 atom stereocenters. The van der Waals surface area contributed by atoms with Gasteiger partial charge < -0.3 is 15.2 Å². The molecular formula is C13H25NO2. The Morgan fingerprint density at radius 2 is 1.69 bits per heavy atom. The van der Waals surface area contributed by atoms with Crippen LogP contribution < -0.4 is 5.32 Å². The van der Waals surface area contributed by atoms with E-state index in [9.17, 15) is 5.11 Å². The van der Waals surface area contributed by atoms with Crippen LogP contribution in [-0.2, 0) is 4.74 Å². The normalized spacial score (nSPS) is 36.2. The topological polar surface area (TPSA) is 41.5 Å². The minimum absolute atomic E-state index is 0.102. The van der Waals surface area contributed by atoms with Crippen LogP contribution in [-0.4, -0.2) is 35.0 Å². The lowest BCUT2D eigenvalue weighted by atomic mass is 9.70. The van der Waals surface area contributed by atoms with Crippen molar-refractivity contribution in [3.63, 3.8) is 0 Å². The zero-order valence-electron chi connectivity index (χ0n) is 11.0. The number of nitrogens with one attached hydrogen (secondary N) is 1. The second-order valence-corrected chi connectivity index (χ2v) is 6.58. The Morgan fingerprint density at radius 3 is 2.12 bits per heavy atom. The Labute approximate surface area is 98.6 Å². The lowest BCUT2D eigenvalue weighted by Crippen LogP contribution is -2.52. The molecule has 0 amide bonds. The fourth-order valence-corrected chi connectivity index (χ4v) is 3.61. The van der Waals surface area contributed by atoms with Crippen molar-refractivity contribution in [2.24, 2.45) is 5.92 Å². The summed E-state index contributed by atoms with van der Waals surface area (Å²) in [6.45, 7) is 10.3. The molecule has 16 heavy (non-hydrogen) atoms. The molecule has 2 heterocycles. The van der Waals surface area contributed by atoms with E-state index in [1.54, 1.807) is 0 Å². The third-order valence-corrected chi connectivity index (χ3v) is 4.19. The zero-order valence-corrected chi connectivity index (χ0v) is 11.0. The van der Waals surface area contributed by atoms with Crippen LogP contribution in [0.3, 0.4) is 0 Å². The molecule has 3 heteroatoms. The van der Waals surface area contributed by atoms with Gasteiger partial charge in [-0.2, -0.15) is 0 Å². The zero-order chi connectivity index (χ0) is 12.0. The number of aliphatic hydroxyl groups is 1. The third-order valence-electron chi connectivity index (χ3n) is 4.19. The quantitative estimate of drug-likeness (QED) is 0.716. The van der Waals surface area contributed by atoms with Gasteiger partial charge in [0.2, 0.25) is 0 Å². The monoisotopic (exact) mass is 227 g/mol. The molecule has 2 N–H and O–H groups in total. The van der Waals surface area contributed by atoms with E-state index in [2.05, 4.69) is 33.0 Å². The Morgan fingerprint density at radius 1 is 1.12 bits per heavy atom. The number of rotatable bonds is 1. The summed E-state index contributed by atoms with van der Waals surface area (Å²) in [7, 11) is 0. The van der Waals surface area contributed by atoms with Crippen LogP contribution in [0.2, 0.25) is 0 Å². The Bertz CT molecular complexity index is 267. The summed E-state index contributed by atoms with van der Waals surface area (Å²) < 4.78 is 6.09. The molecular weight excluding hydrogens is 202 g/mol. The van der Waals surface area contributed by atoms with E-state index in [1.807, 2.05) is 0 Å². The van der Waals surface area contributed by atoms with Crippen LogP contribution in [0, 0.1) is 5.92 Å². The molecule has 0 saturated carbocycles. The summed E-state index contributed by atoms with van der Waals surface area (Å²) in [6.07, 6.45) is 2.65. The van der Waals surface area contributed by atoms with Gasteiger partial charge in [-0.3, -0.25) is 0 Å². The van der Waals surface area contributed by atoms with Crippen molar-refractivity contribution in [1.82, 2.24) is 5.32 Å². The van der Waals surface area contributed by atoms with Crippen LogP contribution >= 0.6 is 0 Å². The second-order valence-electron chi connectivity index (χ2n) is 6.58. The van der Waals surface area contributed by atoms with Gasteiger partial charge in [0.15, 0.2) is 0 Å². The summed E-state index contributed by atoms with van der Waals surface area (Å²) in [6, 6.07) is 0. The van der Waals surface area contributed by atoms with Crippen molar-refractivity contribution >= 4 is 0 Å². The van der Waals surface area contributed by atoms with Gasteiger partial charge in [0.25, 0.3) is 0 Å². The predicted molar refractivity (Wildman–Crippen MR) is 64.4 cm³/mol. The molecule has 2 rings (SSSR count). The first-order valence-corrected chi connectivity index (χ1v) is 6.39. The van der Waals surface area contributed by atoms with E-state index >= 15 is 0 Å². The minimum Gasteiger partial charge on any atom is -0.389 e. The van der Waals surface area contributed by atoms with Crippen molar-refractivity contribution < 1.29 is 9.84 Å². The molecule has 0 aliphatic carbocycles. The van der Waals surface area contributed by atoms with E-state index in [1.165, 1.54) is 0 Å². The lowest BCUT2D eigenvalue weighted by molar-refractivity contribution is -0.121. The number of hydrogen-bond acceptors (Lipinski definition) is 3. The maximum absolute atomic E-state index is 10.8. The van der Waals surface area contributed by atoms with E-state index in [0.29, 0.717) is 0 Å². The first kappa shape index (κ1) is 12.3. The van der Waals surface area contributed by atoms with Crippen LogP contribution in [0.1, 0.15) is 47.0 Å². The highest BCUT2D eigenvalue weighted by Gasteiger charge is 2.54. The molecule has 94 valence electrons. The largest absolute Gasteiger partial charge is 0.389 e. The summed E-state index contributed by atoms with van der Waals surface area (Å²) in [4.78, 5) is 0. The molecule has 2 saturated heterocycles. The van der Waals surface area contributed by atoms with Crippen LogP contribution in [0.15, 0.2) is 0 Å². The molecule has 2 fully saturated rings. The van der Waals surface area contributed by atoms with Crippen molar-refractivity contribution in [1.29, 1.82) is 0 Å². The van der Waals surface area contributed by atoms with Crippen molar-refractivity contribution in [3.8, 4) is 0 Å². The Hall–Kier alpha value is -0.120. The second kappa shape index (κ2) is 3.69. The van der Waals surface area contributed by atoms with Gasteiger partial charge in [-0.15, -0.1) is 0 Å². The molecule has 0 aromatic carbocycles. The summed E-state index contributed by atoms with van der Waals surface area (Å²) in [5.74, 6) is 0.247. The fraction of sp³-hybridized carbons (Fsp3) is 1.00. The Balaban J connectivity index is 2.19. The average Bonchev–Trinajstić information content (AvgIpc) is 2.36. The van der Waals surface area contributed by atoms with Crippen LogP contribution in [0.5, 0.6) is 0 Å². The Kier molecular flexibility index (Phi) is 2.84. The lowest BCUT2D eigenvalue weighted by Gasteiger charge is -2.42. The molecule has 1 unspecified atom stereocenters. The molecule has 0 aromatic rings. The minimum atomic E-state index is -0.539. The maximum atomic E-state index is 10.8. The number of hydrogen-bond donors (Lipinski definition) is 2. The van der Waals surface area contributed by atoms with Crippen LogP contribution in [0.4, 0.5) is 0 Å². The molecule has 2 aliphatic rings. The maximum Gasteiger partial charge on any atom is 0.0728 e. The van der Waals surface area contributed by atoms with Gasteiger partial charge in [0.1, 0.15) is 0 Å². The van der Waals surface area contributed by atoms with Gasteiger partial charge in [0, 0.05) is 5.92 Å². The first-order valence-electron chi connectivity index (χ1n) is 6.39. The van der Waals surface area contributed by atoms with Crippen LogP contribution in [0.25, 0.3) is 0 Å². The van der Waals surface area contributed by atoms with E-state index < -0.39 is 5.60 Å². The number of piperidine rings is 1. The predicted octanol–water partition coefficient (Wildman–Crippen LogP) is 1.69.